The highest BCUT2D eigenvalue weighted by Crippen LogP contribution is 2.22. The summed E-state index contributed by atoms with van der Waals surface area (Å²) in [6.07, 6.45) is 1.02. The Kier molecular flexibility index (Phi) is 5.42. The fourth-order valence-corrected chi connectivity index (χ4v) is 1.98. The quantitative estimate of drug-likeness (QED) is 0.817. The molecule has 0 heterocycles. The van der Waals surface area contributed by atoms with E-state index in [1.54, 1.807) is 6.07 Å². The molecule has 0 aliphatic rings. The number of anilines is 1. The minimum atomic E-state index is -0.136. The van der Waals surface area contributed by atoms with Gasteiger partial charge in [-0.2, -0.15) is 0 Å². The van der Waals surface area contributed by atoms with Gasteiger partial charge < -0.3 is 10.2 Å². The first-order chi connectivity index (χ1) is 8.10. The van der Waals surface area contributed by atoms with Crippen LogP contribution in [0.15, 0.2) is 18.2 Å². The molecule has 1 rings (SSSR count). The van der Waals surface area contributed by atoms with Crippen LogP contribution in [0.4, 0.5) is 10.1 Å². The zero-order valence-corrected chi connectivity index (χ0v) is 11.3. The Morgan fingerprint density at radius 3 is 2.59 bits per heavy atom. The van der Waals surface area contributed by atoms with Crippen LogP contribution in [0.25, 0.3) is 0 Å². The van der Waals surface area contributed by atoms with E-state index in [1.807, 2.05) is 31.0 Å². The van der Waals surface area contributed by atoms with Crippen LogP contribution >= 0.6 is 0 Å². The number of halogens is 1. The van der Waals surface area contributed by atoms with Gasteiger partial charge in [-0.1, -0.05) is 19.9 Å². The fraction of sp³-hybridized carbons (Fsp3) is 0.571. The fourth-order valence-electron chi connectivity index (χ4n) is 1.98. The summed E-state index contributed by atoms with van der Waals surface area (Å²) in [6, 6.07) is 5.70. The first kappa shape index (κ1) is 14.0. The van der Waals surface area contributed by atoms with Gasteiger partial charge in [-0.3, -0.25) is 0 Å². The van der Waals surface area contributed by atoms with Gasteiger partial charge in [0.05, 0.1) is 5.69 Å². The normalized spacial score (nSPS) is 12.5. The predicted molar refractivity (Wildman–Crippen MR) is 72.1 cm³/mol. The Morgan fingerprint density at radius 2 is 2.06 bits per heavy atom. The molecule has 2 nitrogen and oxygen atoms in total. The van der Waals surface area contributed by atoms with Crippen molar-refractivity contribution in [2.75, 3.05) is 25.0 Å². The maximum Gasteiger partial charge on any atom is 0.146 e. The number of nitrogens with one attached hydrogen (secondary N) is 1. The van der Waals surface area contributed by atoms with Crippen LogP contribution in [0.3, 0.4) is 0 Å². The lowest BCUT2D eigenvalue weighted by molar-refractivity contribution is 0.581. The van der Waals surface area contributed by atoms with E-state index in [9.17, 15) is 4.39 Å². The highest BCUT2D eigenvalue weighted by molar-refractivity contribution is 5.48. The molecule has 0 bridgehead atoms. The molecule has 1 aromatic rings. The summed E-state index contributed by atoms with van der Waals surface area (Å²) in [5, 5.41) is 3.28. The van der Waals surface area contributed by atoms with Gasteiger partial charge in [0.2, 0.25) is 0 Å². The molecule has 1 aromatic carbocycles. The zero-order valence-electron chi connectivity index (χ0n) is 11.3. The lowest BCUT2D eigenvalue weighted by Crippen LogP contribution is -2.20. The van der Waals surface area contributed by atoms with Crippen molar-refractivity contribution >= 4 is 5.69 Å². The highest BCUT2D eigenvalue weighted by Gasteiger charge is 2.10. The third-order valence-electron chi connectivity index (χ3n) is 2.95. The Morgan fingerprint density at radius 1 is 1.35 bits per heavy atom. The second-order valence-electron chi connectivity index (χ2n) is 4.41. The van der Waals surface area contributed by atoms with Crippen LogP contribution in [0.5, 0.6) is 0 Å². The van der Waals surface area contributed by atoms with Gasteiger partial charge >= 0.3 is 0 Å². The Labute approximate surface area is 104 Å². The SMILES string of the molecule is CCCN(C)c1ccc(C(C)NCC)cc1F. The maximum absolute atomic E-state index is 14.0. The van der Waals surface area contributed by atoms with E-state index < -0.39 is 0 Å². The number of rotatable bonds is 6. The molecule has 96 valence electrons. The molecule has 0 aliphatic carbocycles. The van der Waals surface area contributed by atoms with Crippen molar-refractivity contribution < 1.29 is 4.39 Å². The molecule has 0 radical (unpaired) electrons. The Bertz CT molecular complexity index is 352. The minimum absolute atomic E-state index is 0.136. The maximum atomic E-state index is 14.0. The van der Waals surface area contributed by atoms with Crippen molar-refractivity contribution in [3.05, 3.63) is 29.6 Å². The predicted octanol–water partition coefficient (Wildman–Crippen LogP) is 3.34. The molecular weight excluding hydrogens is 215 g/mol. The third-order valence-corrected chi connectivity index (χ3v) is 2.95. The highest BCUT2D eigenvalue weighted by atomic mass is 19.1. The number of benzene rings is 1. The van der Waals surface area contributed by atoms with Crippen molar-refractivity contribution in [2.45, 2.75) is 33.2 Å². The molecule has 0 amide bonds. The second-order valence-corrected chi connectivity index (χ2v) is 4.41. The first-order valence-corrected chi connectivity index (χ1v) is 6.34. The van der Waals surface area contributed by atoms with Gasteiger partial charge in [0.15, 0.2) is 0 Å². The van der Waals surface area contributed by atoms with E-state index in [2.05, 4.69) is 19.2 Å². The number of hydrogen-bond donors (Lipinski definition) is 1. The summed E-state index contributed by atoms with van der Waals surface area (Å²) in [5.74, 6) is -0.136. The van der Waals surface area contributed by atoms with E-state index in [1.165, 1.54) is 0 Å². The summed E-state index contributed by atoms with van der Waals surface area (Å²) in [6.45, 7) is 7.96. The van der Waals surface area contributed by atoms with Crippen molar-refractivity contribution in [3.8, 4) is 0 Å². The van der Waals surface area contributed by atoms with Gasteiger partial charge in [-0.05, 0) is 37.6 Å². The van der Waals surface area contributed by atoms with Crippen LogP contribution in [-0.2, 0) is 0 Å². The largest absolute Gasteiger partial charge is 0.372 e. The van der Waals surface area contributed by atoms with Crippen LogP contribution in [-0.4, -0.2) is 20.1 Å². The minimum Gasteiger partial charge on any atom is -0.372 e. The van der Waals surface area contributed by atoms with Crippen molar-refractivity contribution in [1.29, 1.82) is 0 Å². The van der Waals surface area contributed by atoms with Crippen LogP contribution in [0.2, 0.25) is 0 Å². The molecule has 0 fully saturated rings. The van der Waals surface area contributed by atoms with Crippen molar-refractivity contribution in [2.24, 2.45) is 0 Å². The summed E-state index contributed by atoms with van der Waals surface area (Å²) >= 11 is 0. The average Bonchev–Trinajstić information content (AvgIpc) is 2.29. The Balaban J connectivity index is 2.85. The van der Waals surface area contributed by atoms with Crippen molar-refractivity contribution in [1.82, 2.24) is 5.32 Å². The van der Waals surface area contributed by atoms with Crippen LogP contribution in [0, 0.1) is 5.82 Å². The molecule has 17 heavy (non-hydrogen) atoms. The van der Waals surface area contributed by atoms with Crippen molar-refractivity contribution in [3.63, 3.8) is 0 Å². The molecule has 1 atom stereocenters. The Hall–Kier alpha value is -1.09. The summed E-state index contributed by atoms with van der Waals surface area (Å²) in [7, 11) is 1.93. The van der Waals surface area contributed by atoms with E-state index >= 15 is 0 Å². The molecule has 0 spiro atoms. The van der Waals surface area contributed by atoms with Gasteiger partial charge in [0, 0.05) is 19.6 Å². The monoisotopic (exact) mass is 238 g/mol. The second kappa shape index (κ2) is 6.60. The molecule has 0 saturated carbocycles. The molecule has 0 aromatic heterocycles. The van der Waals surface area contributed by atoms with Gasteiger partial charge in [0.25, 0.3) is 0 Å². The molecule has 3 heteroatoms. The zero-order chi connectivity index (χ0) is 12.8. The third kappa shape index (κ3) is 3.70. The number of nitrogens with zero attached hydrogens (tertiary/aromatic N) is 1. The van der Waals surface area contributed by atoms with E-state index in [4.69, 9.17) is 0 Å². The molecule has 0 saturated heterocycles. The van der Waals surface area contributed by atoms with Crippen LogP contribution in [0.1, 0.15) is 38.8 Å². The molecular formula is C14H23FN2. The first-order valence-electron chi connectivity index (χ1n) is 6.34. The molecule has 0 aliphatic heterocycles. The molecule has 1 unspecified atom stereocenters. The summed E-state index contributed by atoms with van der Waals surface area (Å²) in [4.78, 5) is 1.96. The van der Waals surface area contributed by atoms with E-state index in [0.717, 1.165) is 25.1 Å². The number of hydrogen-bond acceptors (Lipinski definition) is 2. The van der Waals surface area contributed by atoms with Crippen LogP contribution < -0.4 is 10.2 Å². The summed E-state index contributed by atoms with van der Waals surface area (Å²) < 4.78 is 14.0. The lowest BCUT2D eigenvalue weighted by Gasteiger charge is -2.20. The summed E-state index contributed by atoms with van der Waals surface area (Å²) in [5.41, 5.74) is 1.68. The van der Waals surface area contributed by atoms with Gasteiger partial charge in [-0.25, -0.2) is 4.39 Å². The molecule has 1 N–H and O–H groups in total. The smallest absolute Gasteiger partial charge is 0.146 e. The van der Waals surface area contributed by atoms with Gasteiger partial charge in [-0.15, -0.1) is 0 Å². The van der Waals surface area contributed by atoms with Gasteiger partial charge in [0.1, 0.15) is 5.82 Å². The van der Waals surface area contributed by atoms with E-state index in [-0.39, 0.29) is 11.9 Å². The average molecular weight is 238 g/mol. The lowest BCUT2D eigenvalue weighted by atomic mass is 10.1. The van der Waals surface area contributed by atoms with E-state index in [0.29, 0.717) is 5.69 Å². The topological polar surface area (TPSA) is 15.3 Å². The standard InChI is InChI=1S/C14H23FN2/c1-5-9-17(4)14-8-7-12(10-13(14)15)11(3)16-6-2/h7-8,10-11,16H,5-6,9H2,1-4H3.